The Labute approximate surface area is 136 Å². The van der Waals surface area contributed by atoms with Gasteiger partial charge in [-0.25, -0.2) is 4.68 Å². The number of hydrogen-bond donors (Lipinski definition) is 0. The van der Waals surface area contributed by atoms with Crippen molar-refractivity contribution in [1.29, 1.82) is 0 Å². The van der Waals surface area contributed by atoms with Crippen LogP contribution >= 0.6 is 0 Å². The van der Waals surface area contributed by atoms with Gasteiger partial charge in [0.25, 0.3) is 5.89 Å². The third kappa shape index (κ3) is 3.79. The summed E-state index contributed by atoms with van der Waals surface area (Å²) in [5.74, 6) is -0.678. The lowest BCUT2D eigenvalue weighted by molar-refractivity contribution is 0.116. The Morgan fingerprint density at radius 2 is 2.04 bits per heavy atom. The van der Waals surface area contributed by atoms with E-state index in [9.17, 15) is 8.78 Å². The van der Waals surface area contributed by atoms with Crippen molar-refractivity contribution in [3.8, 4) is 11.5 Å². The SMILES string of the molecule is CCCCc1cn(Cc2ccc(-c3nnc(C(F)F)o3)cn2)nn1. The average molecular weight is 334 g/mol. The van der Waals surface area contributed by atoms with E-state index in [0.29, 0.717) is 12.1 Å². The lowest BCUT2D eigenvalue weighted by atomic mass is 10.2. The van der Waals surface area contributed by atoms with E-state index in [4.69, 9.17) is 4.42 Å². The van der Waals surface area contributed by atoms with Gasteiger partial charge in [-0.1, -0.05) is 18.6 Å². The summed E-state index contributed by atoms with van der Waals surface area (Å²) in [5.41, 5.74) is 2.21. The van der Waals surface area contributed by atoms with Crippen molar-refractivity contribution in [3.63, 3.8) is 0 Å². The summed E-state index contributed by atoms with van der Waals surface area (Å²) in [6.45, 7) is 2.61. The van der Waals surface area contributed by atoms with Crippen molar-refractivity contribution in [2.75, 3.05) is 0 Å². The number of pyridine rings is 1. The molecule has 0 saturated carbocycles. The van der Waals surface area contributed by atoms with E-state index < -0.39 is 12.3 Å². The Morgan fingerprint density at radius 1 is 1.17 bits per heavy atom. The van der Waals surface area contributed by atoms with Crippen molar-refractivity contribution in [2.24, 2.45) is 0 Å². The highest BCUT2D eigenvalue weighted by molar-refractivity contribution is 5.50. The highest BCUT2D eigenvalue weighted by atomic mass is 19.3. The van der Waals surface area contributed by atoms with Crippen molar-refractivity contribution in [1.82, 2.24) is 30.2 Å². The molecule has 0 saturated heterocycles. The monoisotopic (exact) mass is 334 g/mol. The summed E-state index contributed by atoms with van der Waals surface area (Å²) in [4.78, 5) is 4.27. The highest BCUT2D eigenvalue weighted by Gasteiger charge is 2.17. The van der Waals surface area contributed by atoms with Crippen LogP contribution in [0.3, 0.4) is 0 Å². The lowest BCUT2D eigenvalue weighted by Crippen LogP contribution is -2.02. The van der Waals surface area contributed by atoms with Gasteiger partial charge in [0.1, 0.15) is 0 Å². The number of hydrogen-bond acceptors (Lipinski definition) is 6. The molecular weight excluding hydrogens is 318 g/mol. The van der Waals surface area contributed by atoms with Crippen LogP contribution < -0.4 is 0 Å². The first-order valence-corrected chi connectivity index (χ1v) is 7.61. The average Bonchev–Trinajstić information content (AvgIpc) is 3.23. The maximum absolute atomic E-state index is 12.5. The Morgan fingerprint density at radius 3 is 2.71 bits per heavy atom. The van der Waals surface area contributed by atoms with Crippen LogP contribution in [0.2, 0.25) is 0 Å². The molecule has 3 aromatic heterocycles. The minimum absolute atomic E-state index is 0.0203. The van der Waals surface area contributed by atoms with Crippen LogP contribution in [0.5, 0.6) is 0 Å². The van der Waals surface area contributed by atoms with E-state index in [1.165, 1.54) is 6.20 Å². The standard InChI is InChI=1S/C15H16F2N6O/c1-2-3-4-12-9-23(22-19-12)8-11-6-5-10(7-18-11)14-20-21-15(24-14)13(16)17/h5-7,9,13H,2-4,8H2,1H3. The molecule has 3 aromatic rings. The number of nitrogens with zero attached hydrogens (tertiary/aromatic N) is 6. The van der Waals surface area contributed by atoms with Crippen LogP contribution in [-0.4, -0.2) is 30.2 Å². The summed E-state index contributed by atoms with van der Waals surface area (Å²) in [7, 11) is 0. The van der Waals surface area contributed by atoms with E-state index in [0.717, 1.165) is 30.7 Å². The van der Waals surface area contributed by atoms with Crippen LogP contribution in [0, 0.1) is 0 Å². The van der Waals surface area contributed by atoms with E-state index >= 15 is 0 Å². The summed E-state index contributed by atoms with van der Waals surface area (Å²) >= 11 is 0. The molecule has 0 aliphatic carbocycles. The highest BCUT2D eigenvalue weighted by Crippen LogP contribution is 2.22. The zero-order valence-corrected chi connectivity index (χ0v) is 13.1. The summed E-state index contributed by atoms with van der Waals surface area (Å²) in [5, 5.41) is 15.1. The predicted molar refractivity (Wildman–Crippen MR) is 80.2 cm³/mol. The molecular formula is C15H16F2N6O. The molecule has 0 aromatic carbocycles. The summed E-state index contributed by atoms with van der Waals surface area (Å²) in [6, 6.07) is 3.45. The molecule has 0 amide bonds. The number of aryl methyl sites for hydroxylation is 1. The van der Waals surface area contributed by atoms with Gasteiger partial charge in [0.05, 0.1) is 23.5 Å². The quantitative estimate of drug-likeness (QED) is 0.660. The third-order valence-corrected chi connectivity index (χ3v) is 3.40. The van der Waals surface area contributed by atoms with Gasteiger partial charge in [-0.3, -0.25) is 4.98 Å². The van der Waals surface area contributed by atoms with Gasteiger partial charge in [-0.2, -0.15) is 8.78 Å². The topological polar surface area (TPSA) is 82.5 Å². The fourth-order valence-electron chi connectivity index (χ4n) is 2.14. The van der Waals surface area contributed by atoms with Gasteiger partial charge in [0.15, 0.2) is 0 Å². The van der Waals surface area contributed by atoms with E-state index in [1.807, 2.05) is 6.20 Å². The molecule has 24 heavy (non-hydrogen) atoms. The van der Waals surface area contributed by atoms with E-state index in [2.05, 4.69) is 32.4 Å². The second kappa shape index (κ2) is 7.24. The summed E-state index contributed by atoms with van der Waals surface area (Å²) in [6.07, 6.45) is 3.72. The molecule has 3 heterocycles. The number of alkyl halides is 2. The second-order valence-corrected chi connectivity index (χ2v) is 5.30. The fraction of sp³-hybridized carbons (Fsp3) is 0.400. The molecule has 0 fully saturated rings. The zero-order valence-electron chi connectivity index (χ0n) is 13.1. The first-order chi connectivity index (χ1) is 11.7. The van der Waals surface area contributed by atoms with E-state index in [-0.39, 0.29) is 5.89 Å². The molecule has 0 spiro atoms. The molecule has 0 aliphatic rings. The van der Waals surface area contributed by atoms with Crippen molar-refractivity contribution < 1.29 is 13.2 Å². The van der Waals surface area contributed by atoms with Gasteiger partial charge in [0.2, 0.25) is 5.89 Å². The Bertz CT molecular complexity index is 783. The van der Waals surface area contributed by atoms with Gasteiger partial charge < -0.3 is 4.42 Å². The van der Waals surface area contributed by atoms with Gasteiger partial charge in [-0.15, -0.1) is 15.3 Å². The molecule has 9 heteroatoms. The molecule has 0 unspecified atom stereocenters. The van der Waals surface area contributed by atoms with Gasteiger partial charge >= 0.3 is 6.43 Å². The summed E-state index contributed by atoms with van der Waals surface area (Å²) < 4.78 is 31.5. The third-order valence-electron chi connectivity index (χ3n) is 3.40. The van der Waals surface area contributed by atoms with Crippen molar-refractivity contribution in [3.05, 3.63) is 41.8 Å². The Hall–Kier alpha value is -2.71. The van der Waals surface area contributed by atoms with Crippen LogP contribution in [0.25, 0.3) is 11.5 Å². The maximum Gasteiger partial charge on any atom is 0.314 e. The molecule has 0 bridgehead atoms. The van der Waals surface area contributed by atoms with Crippen molar-refractivity contribution in [2.45, 2.75) is 39.2 Å². The zero-order chi connectivity index (χ0) is 16.9. The van der Waals surface area contributed by atoms with Gasteiger partial charge in [0, 0.05) is 12.4 Å². The molecule has 3 rings (SSSR count). The molecule has 126 valence electrons. The number of rotatable bonds is 7. The second-order valence-electron chi connectivity index (χ2n) is 5.30. The lowest BCUT2D eigenvalue weighted by Gasteiger charge is -2.01. The fourth-order valence-corrected chi connectivity index (χ4v) is 2.14. The van der Waals surface area contributed by atoms with Crippen LogP contribution in [0.15, 0.2) is 28.9 Å². The number of unbranched alkanes of at least 4 members (excludes halogenated alkanes) is 1. The predicted octanol–water partition coefficient (Wildman–Crippen LogP) is 3.05. The molecule has 0 N–H and O–H groups in total. The van der Waals surface area contributed by atoms with Crippen LogP contribution in [0.1, 0.15) is 43.5 Å². The first kappa shape index (κ1) is 16.2. The molecule has 7 nitrogen and oxygen atoms in total. The first-order valence-electron chi connectivity index (χ1n) is 7.61. The number of aromatic nitrogens is 6. The minimum Gasteiger partial charge on any atom is -0.415 e. The Balaban J connectivity index is 1.66. The van der Waals surface area contributed by atoms with Crippen LogP contribution in [0.4, 0.5) is 8.78 Å². The smallest absolute Gasteiger partial charge is 0.314 e. The van der Waals surface area contributed by atoms with Crippen molar-refractivity contribution >= 4 is 0 Å². The number of halogens is 2. The van der Waals surface area contributed by atoms with Crippen LogP contribution in [-0.2, 0) is 13.0 Å². The molecule has 0 radical (unpaired) electrons. The Kier molecular flexibility index (Phi) is 4.88. The van der Waals surface area contributed by atoms with E-state index in [1.54, 1.807) is 16.8 Å². The normalized spacial score (nSPS) is 11.3. The van der Waals surface area contributed by atoms with Gasteiger partial charge in [-0.05, 0) is 25.0 Å². The molecule has 0 atom stereocenters. The minimum atomic E-state index is -2.78. The largest absolute Gasteiger partial charge is 0.415 e. The maximum atomic E-state index is 12.5. The molecule has 0 aliphatic heterocycles.